The minimum Gasteiger partial charge on any atom is -0.406 e. The standard InChI is InChI=1S/C23H22ClF3N4O/c1-14(2)20-12-21(30-22(29-20)28-18-5-3-4-17(24)11-18)31-9-8-15-6-7-19(10-16(15)13-31)32-23(25,26)27/h3-7,10-12,14H,8-9,13H2,1-2H3,(H,28,29,30). The van der Waals surface area contributed by atoms with Crippen LogP contribution in [0.1, 0.15) is 36.6 Å². The molecule has 5 nitrogen and oxygen atoms in total. The molecule has 2 aromatic carbocycles. The third-order valence-corrected chi connectivity index (χ3v) is 5.39. The van der Waals surface area contributed by atoms with Crippen molar-refractivity contribution in [3.63, 3.8) is 0 Å². The molecular formula is C23H22ClF3N4O. The summed E-state index contributed by atoms with van der Waals surface area (Å²) in [5.74, 6) is 1.10. The van der Waals surface area contributed by atoms with Gasteiger partial charge in [0.15, 0.2) is 0 Å². The van der Waals surface area contributed by atoms with Crippen LogP contribution >= 0.6 is 11.6 Å². The van der Waals surface area contributed by atoms with E-state index in [4.69, 9.17) is 11.6 Å². The van der Waals surface area contributed by atoms with Crippen LogP contribution < -0.4 is 15.0 Å². The van der Waals surface area contributed by atoms with Gasteiger partial charge in [-0.3, -0.25) is 0 Å². The van der Waals surface area contributed by atoms with Gasteiger partial charge in [-0.15, -0.1) is 13.2 Å². The predicted molar refractivity (Wildman–Crippen MR) is 119 cm³/mol. The molecule has 0 fully saturated rings. The molecule has 0 saturated carbocycles. The molecule has 1 aliphatic rings. The fourth-order valence-corrected chi connectivity index (χ4v) is 3.78. The quantitative estimate of drug-likeness (QED) is 0.471. The zero-order chi connectivity index (χ0) is 22.9. The van der Waals surface area contributed by atoms with Crippen molar-refractivity contribution in [2.75, 3.05) is 16.8 Å². The molecular weight excluding hydrogens is 441 g/mol. The molecule has 0 unspecified atom stereocenters. The highest BCUT2D eigenvalue weighted by Crippen LogP contribution is 2.31. The van der Waals surface area contributed by atoms with Gasteiger partial charge in [-0.2, -0.15) is 4.98 Å². The Bertz CT molecular complexity index is 1120. The van der Waals surface area contributed by atoms with E-state index < -0.39 is 6.36 Å². The number of hydrogen-bond donors (Lipinski definition) is 1. The van der Waals surface area contributed by atoms with E-state index in [0.717, 1.165) is 22.5 Å². The maximum Gasteiger partial charge on any atom is 0.573 e. The van der Waals surface area contributed by atoms with Gasteiger partial charge < -0.3 is 15.0 Å². The molecule has 1 aliphatic heterocycles. The molecule has 0 atom stereocenters. The molecule has 0 radical (unpaired) electrons. The Hall–Kier alpha value is -3.00. The van der Waals surface area contributed by atoms with Gasteiger partial charge in [-0.25, -0.2) is 4.98 Å². The van der Waals surface area contributed by atoms with E-state index >= 15 is 0 Å². The van der Waals surface area contributed by atoms with E-state index in [0.29, 0.717) is 36.3 Å². The smallest absolute Gasteiger partial charge is 0.406 e. The van der Waals surface area contributed by atoms with Crippen LogP contribution in [0.5, 0.6) is 5.75 Å². The number of benzene rings is 2. The van der Waals surface area contributed by atoms with Crippen LogP contribution in [0.2, 0.25) is 5.02 Å². The summed E-state index contributed by atoms with van der Waals surface area (Å²) in [6.07, 6.45) is -4.03. The normalized spacial score (nSPS) is 13.8. The van der Waals surface area contributed by atoms with Crippen molar-refractivity contribution >= 4 is 29.1 Å². The molecule has 32 heavy (non-hydrogen) atoms. The van der Waals surface area contributed by atoms with E-state index in [1.807, 2.05) is 36.9 Å². The van der Waals surface area contributed by atoms with Crippen LogP contribution in [0.15, 0.2) is 48.5 Å². The van der Waals surface area contributed by atoms with E-state index in [2.05, 4.69) is 20.0 Å². The summed E-state index contributed by atoms with van der Waals surface area (Å²) >= 11 is 6.08. The summed E-state index contributed by atoms with van der Waals surface area (Å²) in [5.41, 5.74) is 3.42. The number of ether oxygens (including phenoxy) is 1. The number of aromatic nitrogens is 2. The molecule has 0 aliphatic carbocycles. The van der Waals surface area contributed by atoms with Gasteiger partial charge in [0.05, 0.1) is 5.69 Å². The molecule has 0 saturated heterocycles. The second kappa shape index (κ2) is 8.86. The number of rotatable bonds is 5. The molecule has 168 valence electrons. The van der Waals surface area contributed by atoms with Crippen molar-refractivity contribution < 1.29 is 17.9 Å². The highest BCUT2D eigenvalue weighted by molar-refractivity contribution is 6.30. The van der Waals surface area contributed by atoms with Crippen molar-refractivity contribution in [2.24, 2.45) is 0 Å². The number of halogens is 4. The topological polar surface area (TPSA) is 50.3 Å². The van der Waals surface area contributed by atoms with E-state index in [1.54, 1.807) is 18.2 Å². The number of nitrogens with one attached hydrogen (secondary N) is 1. The number of fused-ring (bicyclic) bond motifs is 1. The van der Waals surface area contributed by atoms with Crippen LogP contribution in [0.3, 0.4) is 0 Å². The van der Waals surface area contributed by atoms with Gasteiger partial charge in [0.2, 0.25) is 5.95 Å². The van der Waals surface area contributed by atoms with Gasteiger partial charge in [-0.05, 0) is 53.8 Å². The van der Waals surface area contributed by atoms with Crippen molar-refractivity contribution in [3.05, 3.63) is 70.4 Å². The maximum absolute atomic E-state index is 12.6. The summed E-state index contributed by atoms with van der Waals surface area (Å²) in [6.45, 7) is 5.20. The molecule has 0 amide bonds. The Labute approximate surface area is 189 Å². The third kappa shape index (κ3) is 5.43. The highest BCUT2D eigenvalue weighted by Gasteiger charge is 2.31. The first-order valence-corrected chi connectivity index (χ1v) is 10.6. The minimum atomic E-state index is -4.72. The summed E-state index contributed by atoms with van der Waals surface area (Å²) < 4.78 is 41.9. The molecule has 1 aromatic heterocycles. The van der Waals surface area contributed by atoms with Crippen molar-refractivity contribution in [3.8, 4) is 5.75 Å². The van der Waals surface area contributed by atoms with Crippen molar-refractivity contribution in [2.45, 2.75) is 39.1 Å². The SMILES string of the molecule is CC(C)c1cc(N2CCc3ccc(OC(F)(F)F)cc3C2)nc(Nc2cccc(Cl)c2)n1. The van der Waals surface area contributed by atoms with E-state index in [1.165, 1.54) is 12.1 Å². The number of anilines is 3. The van der Waals surface area contributed by atoms with Gasteiger partial charge in [-0.1, -0.05) is 37.6 Å². The monoisotopic (exact) mass is 462 g/mol. The number of alkyl halides is 3. The first-order valence-electron chi connectivity index (χ1n) is 10.2. The van der Waals surface area contributed by atoms with Crippen LogP contribution in [0.4, 0.5) is 30.6 Å². The average Bonchev–Trinajstić information content (AvgIpc) is 2.72. The Morgan fingerprint density at radius 3 is 2.59 bits per heavy atom. The zero-order valence-electron chi connectivity index (χ0n) is 17.6. The Morgan fingerprint density at radius 2 is 1.88 bits per heavy atom. The fourth-order valence-electron chi connectivity index (χ4n) is 3.59. The lowest BCUT2D eigenvalue weighted by Crippen LogP contribution is -2.31. The van der Waals surface area contributed by atoms with Crippen LogP contribution in [0.25, 0.3) is 0 Å². The first-order chi connectivity index (χ1) is 15.2. The maximum atomic E-state index is 12.6. The second-order valence-electron chi connectivity index (χ2n) is 7.91. The van der Waals surface area contributed by atoms with Crippen molar-refractivity contribution in [1.29, 1.82) is 0 Å². The minimum absolute atomic E-state index is 0.167. The van der Waals surface area contributed by atoms with Gasteiger partial charge in [0.1, 0.15) is 11.6 Å². The number of hydrogen-bond acceptors (Lipinski definition) is 5. The molecule has 1 N–H and O–H groups in total. The van der Waals surface area contributed by atoms with Crippen LogP contribution in [-0.2, 0) is 13.0 Å². The molecule has 3 aromatic rings. The fraction of sp³-hybridized carbons (Fsp3) is 0.304. The van der Waals surface area contributed by atoms with E-state index in [9.17, 15) is 13.2 Å². The predicted octanol–water partition coefficient (Wildman–Crippen LogP) is 6.46. The summed E-state index contributed by atoms with van der Waals surface area (Å²) in [6, 6.07) is 13.7. The van der Waals surface area contributed by atoms with Gasteiger partial charge in [0, 0.05) is 29.9 Å². The molecule has 0 spiro atoms. The van der Waals surface area contributed by atoms with Crippen molar-refractivity contribution in [1.82, 2.24) is 9.97 Å². The van der Waals surface area contributed by atoms with E-state index in [-0.39, 0.29) is 11.7 Å². The Balaban J connectivity index is 1.62. The van der Waals surface area contributed by atoms with Gasteiger partial charge in [0.25, 0.3) is 0 Å². The Morgan fingerprint density at radius 1 is 1.06 bits per heavy atom. The van der Waals surface area contributed by atoms with Crippen LogP contribution in [0, 0.1) is 0 Å². The molecule has 2 heterocycles. The Kier molecular flexibility index (Phi) is 6.15. The molecule has 0 bridgehead atoms. The zero-order valence-corrected chi connectivity index (χ0v) is 18.3. The second-order valence-corrected chi connectivity index (χ2v) is 8.35. The highest BCUT2D eigenvalue weighted by atomic mass is 35.5. The number of nitrogens with zero attached hydrogens (tertiary/aromatic N) is 3. The van der Waals surface area contributed by atoms with Crippen LogP contribution in [-0.4, -0.2) is 22.9 Å². The largest absolute Gasteiger partial charge is 0.573 e. The lowest BCUT2D eigenvalue weighted by atomic mass is 9.99. The third-order valence-electron chi connectivity index (χ3n) is 5.15. The molecule has 9 heteroatoms. The summed E-state index contributed by atoms with van der Waals surface area (Å²) in [7, 11) is 0. The first kappa shape index (κ1) is 22.2. The summed E-state index contributed by atoms with van der Waals surface area (Å²) in [5, 5.41) is 3.79. The summed E-state index contributed by atoms with van der Waals surface area (Å²) in [4.78, 5) is 11.3. The lowest BCUT2D eigenvalue weighted by molar-refractivity contribution is -0.274. The molecule has 4 rings (SSSR count). The lowest BCUT2D eigenvalue weighted by Gasteiger charge is -2.30. The van der Waals surface area contributed by atoms with Gasteiger partial charge >= 0.3 is 6.36 Å². The average molecular weight is 463 g/mol.